The van der Waals surface area contributed by atoms with E-state index in [1.54, 1.807) is 12.1 Å². The van der Waals surface area contributed by atoms with Gasteiger partial charge in [-0.25, -0.2) is 0 Å². The first-order valence-corrected chi connectivity index (χ1v) is 7.19. The van der Waals surface area contributed by atoms with Crippen LogP contribution in [-0.2, 0) is 0 Å². The first-order chi connectivity index (χ1) is 10.4. The van der Waals surface area contributed by atoms with Crippen LogP contribution in [0.3, 0.4) is 0 Å². The standard InChI is InChI=1S/C16H11BrO5/c1-6-12(17)16(21)11-10(13(6)18)14(19)7-4-3-5-8(22-2)9(7)15(11)20/h3-5,18,21H,1-2H3. The van der Waals surface area contributed by atoms with E-state index < -0.39 is 11.6 Å². The van der Waals surface area contributed by atoms with Crippen LogP contribution < -0.4 is 4.74 Å². The van der Waals surface area contributed by atoms with Crippen molar-refractivity contribution < 1.29 is 24.5 Å². The number of ether oxygens (including phenoxy) is 1. The van der Waals surface area contributed by atoms with Crippen LogP contribution in [0.25, 0.3) is 0 Å². The molecular weight excluding hydrogens is 352 g/mol. The summed E-state index contributed by atoms with van der Waals surface area (Å²) in [6.45, 7) is 1.54. The van der Waals surface area contributed by atoms with Gasteiger partial charge in [-0.2, -0.15) is 0 Å². The van der Waals surface area contributed by atoms with Crippen LogP contribution in [0.4, 0.5) is 0 Å². The molecule has 1 aliphatic rings. The van der Waals surface area contributed by atoms with Crippen molar-refractivity contribution in [2.75, 3.05) is 7.11 Å². The largest absolute Gasteiger partial charge is 0.507 e. The molecule has 0 saturated carbocycles. The number of halogens is 1. The molecule has 0 amide bonds. The van der Waals surface area contributed by atoms with Crippen molar-refractivity contribution in [3.8, 4) is 17.2 Å². The Morgan fingerprint density at radius 3 is 2.27 bits per heavy atom. The van der Waals surface area contributed by atoms with E-state index >= 15 is 0 Å². The van der Waals surface area contributed by atoms with Gasteiger partial charge < -0.3 is 14.9 Å². The molecule has 0 aliphatic heterocycles. The van der Waals surface area contributed by atoms with E-state index in [9.17, 15) is 19.8 Å². The van der Waals surface area contributed by atoms with Gasteiger partial charge >= 0.3 is 0 Å². The minimum Gasteiger partial charge on any atom is -0.507 e. The lowest BCUT2D eigenvalue weighted by atomic mass is 9.81. The molecule has 2 N–H and O–H groups in total. The molecule has 22 heavy (non-hydrogen) atoms. The molecule has 1 aliphatic carbocycles. The quantitative estimate of drug-likeness (QED) is 0.650. The molecule has 112 valence electrons. The van der Waals surface area contributed by atoms with Gasteiger partial charge in [0, 0.05) is 11.1 Å². The number of phenols is 2. The summed E-state index contributed by atoms with van der Waals surface area (Å²) in [5, 5.41) is 20.5. The van der Waals surface area contributed by atoms with Gasteiger partial charge in [0.2, 0.25) is 5.78 Å². The van der Waals surface area contributed by atoms with E-state index in [1.165, 1.54) is 20.1 Å². The van der Waals surface area contributed by atoms with Gasteiger partial charge in [-0.15, -0.1) is 0 Å². The van der Waals surface area contributed by atoms with E-state index in [0.717, 1.165) is 0 Å². The number of phenolic OH excluding ortho intramolecular Hbond substituents is 2. The van der Waals surface area contributed by atoms with E-state index in [4.69, 9.17) is 4.74 Å². The second-order valence-corrected chi connectivity index (χ2v) is 5.72. The third kappa shape index (κ3) is 1.70. The third-order valence-corrected chi connectivity index (χ3v) is 4.76. The number of aromatic hydroxyl groups is 2. The molecule has 2 aromatic rings. The number of rotatable bonds is 1. The zero-order chi connectivity index (χ0) is 16.2. The Bertz CT molecular complexity index is 854. The highest BCUT2D eigenvalue weighted by Gasteiger charge is 2.38. The minimum absolute atomic E-state index is 0.0907. The van der Waals surface area contributed by atoms with E-state index in [1.807, 2.05) is 0 Å². The monoisotopic (exact) mass is 362 g/mol. The Hall–Kier alpha value is -2.34. The second-order valence-electron chi connectivity index (χ2n) is 4.93. The normalized spacial score (nSPS) is 12.9. The third-order valence-electron chi connectivity index (χ3n) is 3.79. The van der Waals surface area contributed by atoms with Crippen molar-refractivity contribution in [3.05, 3.63) is 50.5 Å². The van der Waals surface area contributed by atoms with Crippen LogP contribution in [-0.4, -0.2) is 28.9 Å². The summed E-state index contributed by atoms with van der Waals surface area (Å²) < 4.78 is 5.33. The number of fused-ring (bicyclic) bond motifs is 2. The van der Waals surface area contributed by atoms with E-state index in [2.05, 4.69) is 15.9 Å². The Labute approximate surface area is 134 Å². The summed E-state index contributed by atoms with van der Waals surface area (Å²) >= 11 is 3.13. The molecule has 2 aromatic carbocycles. The van der Waals surface area contributed by atoms with Gasteiger partial charge in [0.15, 0.2) is 5.78 Å². The molecular formula is C16H11BrO5. The number of hydrogen-bond acceptors (Lipinski definition) is 5. The smallest absolute Gasteiger partial charge is 0.202 e. The van der Waals surface area contributed by atoms with Crippen molar-refractivity contribution in [1.29, 1.82) is 0 Å². The Morgan fingerprint density at radius 1 is 1.00 bits per heavy atom. The Morgan fingerprint density at radius 2 is 1.64 bits per heavy atom. The molecule has 0 atom stereocenters. The Kier molecular flexibility index (Phi) is 3.21. The number of ketones is 2. The fraction of sp³-hybridized carbons (Fsp3) is 0.125. The van der Waals surface area contributed by atoms with Crippen LogP contribution in [0.2, 0.25) is 0 Å². The van der Waals surface area contributed by atoms with Gasteiger partial charge in [-0.3, -0.25) is 9.59 Å². The zero-order valence-corrected chi connectivity index (χ0v) is 13.3. The number of carbonyl (C=O) groups excluding carboxylic acids is 2. The highest BCUT2D eigenvalue weighted by Crippen LogP contribution is 2.46. The lowest BCUT2D eigenvalue weighted by molar-refractivity contribution is 0.0971. The molecule has 5 nitrogen and oxygen atoms in total. The molecule has 0 saturated heterocycles. The lowest BCUT2D eigenvalue weighted by Crippen LogP contribution is -2.22. The van der Waals surface area contributed by atoms with Crippen LogP contribution in [0.1, 0.15) is 37.4 Å². The van der Waals surface area contributed by atoms with Crippen molar-refractivity contribution in [2.45, 2.75) is 6.92 Å². The zero-order valence-electron chi connectivity index (χ0n) is 11.7. The number of methoxy groups -OCH3 is 1. The summed E-state index contributed by atoms with van der Waals surface area (Å²) in [7, 11) is 1.39. The van der Waals surface area contributed by atoms with Gasteiger partial charge in [0.25, 0.3) is 0 Å². The number of benzene rings is 2. The number of hydrogen-bond donors (Lipinski definition) is 2. The van der Waals surface area contributed by atoms with Gasteiger partial charge in [0.05, 0.1) is 28.3 Å². The maximum atomic E-state index is 12.7. The average molecular weight is 363 g/mol. The molecule has 0 spiro atoms. The lowest BCUT2D eigenvalue weighted by Gasteiger charge is -2.22. The van der Waals surface area contributed by atoms with Crippen molar-refractivity contribution in [2.24, 2.45) is 0 Å². The molecule has 0 heterocycles. The van der Waals surface area contributed by atoms with Crippen LogP contribution in [0.15, 0.2) is 22.7 Å². The van der Waals surface area contributed by atoms with E-state index in [-0.39, 0.29) is 44.0 Å². The predicted octanol–water partition coefficient (Wildman–Crippen LogP) is 2.95. The first-order valence-electron chi connectivity index (χ1n) is 6.40. The summed E-state index contributed by atoms with van der Waals surface area (Å²) in [4.78, 5) is 25.4. The topological polar surface area (TPSA) is 83.8 Å². The first kappa shape index (κ1) is 14.6. The molecule has 0 radical (unpaired) electrons. The van der Waals surface area contributed by atoms with Gasteiger partial charge in [-0.1, -0.05) is 12.1 Å². The molecule has 0 aromatic heterocycles. The van der Waals surface area contributed by atoms with Crippen molar-refractivity contribution >= 4 is 27.5 Å². The molecule has 0 unspecified atom stereocenters. The van der Waals surface area contributed by atoms with Crippen molar-refractivity contribution in [1.82, 2.24) is 0 Å². The highest BCUT2D eigenvalue weighted by molar-refractivity contribution is 9.10. The fourth-order valence-corrected chi connectivity index (χ4v) is 3.03. The second kappa shape index (κ2) is 4.84. The minimum atomic E-state index is -0.560. The fourth-order valence-electron chi connectivity index (χ4n) is 2.64. The van der Waals surface area contributed by atoms with Crippen LogP contribution in [0.5, 0.6) is 17.2 Å². The maximum Gasteiger partial charge on any atom is 0.202 e. The molecule has 0 bridgehead atoms. The maximum absolute atomic E-state index is 12.7. The van der Waals surface area contributed by atoms with Gasteiger partial charge in [-0.05, 0) is 28.9 Å². The summed E-state index contributed by atoms with van der Waals surface area (Å²) in [6, 6.07) is 4.65. The van der Waals surface area contributed by atoms with Crippen molar-refractivity contribution in [3.63, 3.8) is 0 Å². The molecule has 3 rings (SSSR count). The predicted molar refractivity (Wildman–Crippen MR) is 82.1 cm³/mol. The molecule has 0 fully saturated rings. The summed E-state index contributed by atoms with van der Waals surface area (Å²) in [5.74, 6) is -1.51. The summed E-state index contributed by atoms with van der Waals surface area (Å²) in [6.07, 6.45) is 0. The molecule has 6 heteroatoms. The summed E-state index contributed by atoms with van der Waals surface area (Å²) in [5.41, 5.74) is 0.144. The van der Waals surface area contributed by atoms with Crippen LogP contribution >= 0.6 is 15.9 Å². The van der Waals surface area contributed by atoms with Gasteiger partial charge in [0.1, 0.15) is 17.2 Å². The Balaban J connectivity index is 2.45. The average Bonchev–Trinajstić information content (AvgIpc) is 2.53. The highest BCUT2D eigenvalue weighted by atomic mass is 79.9. The SMILES string of the molecule is COc1cccc2c1C(=O)c1c(O)c(Br)c(C)c(O)c1C2=O. The van der Waals surface area contributed by atoms with E-state index in [0.29, 0.717) is 5.56 Å². The number of carbonyl (C=O) groups is 2. The van der Waals surface area contributed by atoms with Crippen LogP contribution in [0, 0.1) is 6.92 Å².